The summed E-state index contributed by atoms with van der Waals surface area (Å²) in [6.45, 7) is 4.13. The maximum Gasteiger partial charge on any atom is 0.255 e. The van der Waals surface area contributed by atoms with Gasteiger partial charge in [-0.15, -0.1) is 0 Å². The van der Waals surface area contributed by atoms with Crippen molar-refractivity contribution in [1.82, 2.24) is 4.90 Å². The maximum atomic E-state index is 12.2. The highest BCUT2D eigenvalue weighted by molar-refractivity contribution is 6.33. The van der Waals surface area contributed by atoms with Gasteiger partial charge >= 0.3 is 0 Å². The van der Waals surface area contributed by atoms with Gasteiger partial charge in [0.25, 0.3) is 5.91 Å². The van der Waals surface area contributed by atoms with Crippen LogP contribution in [0.25, 0.3) is 0 Å². The Kier molecular flexibility index (Phi) is 4.82. The average molecular weight is 255 g/mol. The van der Waals surface area contributed by atoms with Crippen LogP contribution in [0.3, 0.4) is 0 Å². The van der Waals surface area contributed by atoms with Gasteiger partial charge in [-0.05, 0) is 25.5 Å². The number of hydrogen-bond donors (Lipinski definition) is 1. The van der Waals surface area contributed by atoms with Gasteiger partial charge in [-0.25, -0.2) is 0 Å². The number of hydrogen-bond acceptors (Lipinski definition) is 2. The second kappa shape index (κ2) is 5.92. The van der Waals surface area contributed by atoms with Gasteiger partial charge in [-0.3, -0.25) is 4.79 Å². The lowest BCUT2D eigenvalue weighted by Crippen LogP contribution is -2.35. The molecule has 1 rings (SSSR count). The van der Waals surface area contributed by atoms with Crippen molar-refractivity contribution in [1.29, 1.82) is 0 Å². The summed E-state index contributed by atoms with van der Waals surface area (Å²) >= 11 is 5.91. The molecule has 94 valence electrons. The third-order valence-corrected chi connectivity index (χ3v) is 3.30. The number of para-hydroxylation sites is 1. The van der Waals surface area contributed by atoms with E-state index in [1.165, 1.54) is 0 Å². The van der Waals surface area contributed by atoms with Crippen LogP contribution in [0.1, 0.15) is 37.0 Å². The van der Waals surface area contributed by atoms with E-state index in [9.17, 15) is 4.79 Å². The summed E-state index contributed by atoms with van der Waals surface area (Å²) in [5, 5.41) is 0.424. The summed E-state index contributed by atoms with van der Waals surface area (Å²) in [6, 6.07) is 5.33. The molecular formula is C13H19ClN2O. The Labute approximate surface area is 108 Å². The van der Waals surface area contributed by atoms with E-state index in [1.54, 1.807) is 30.1 Å². The standard InChI is InChI=1S/C13H19ClN2O/c1-4-6-9(2)16(3)13(17)10-7-5-8-11(14)12(10)15/h5,7-9H,4,6,15H2,1-3H3. The summed E-state index contributed by atoms with van der Waals surface area (Å²) in [4.78, 5) is 13.9. The molecule has 0 aliphatic heterocycles. The first-order valence-corrected chi connectivity index (χ1v) is 6.18. The van der Waals surface area contributed by atoms with Gasteiger partial charge in [-0.1, -0.05) is 31.0 Å². The molecule has 1 amide bonds. The van der Waals surface area contributed by atoms with Crippen molar-refractivity contribution < 1.29 is 4.79 Å². The molecule has 0 saturated carbocycles. The van der Waals surface area contributed by atoms with Crippen molar-refractivity contribution in [3.8, 4) is 0 Å². The molecule has 1 atom stereocenters. The minimum absolute atomic E-state index is 0.0778. The summed E-state index contributed by atoms with van der Waals surface area (Å²) in [7, 11) is 1.79. The van der Waals surface area contributed by atoms with E-state index < -0.39 is 0 Å². The van der Waals surface area contributed by atoms with Crippen LogP contribution in [0.2, 0.25) is 5.02 Å². The van der Waals surface area contributed by atoms with Crippen molar-refractivity contribution in [2.75, 3.05) is 12.8 Å². The topological polar surface area (TPSA) is 46.3 Å². The second-order valence-electron chi connectivity index (χ2n) is 4.25. The van der Waals surface area contributed by atoms with Crippen LogP contribution in [-0.4, -0.2) is 23.9 Å². The fourth-order valence-corrected chi connectivity index (χ4v) is 1.90. The molecule has 1 unspecified atom stereocenters. The number of nitrogen functional groups attached to an aromatic ring is 1. The molecule has 0 saturated heterocycles. The molecule has 17 heavy (non-hydrogen) atoms. The third kappa shape index (κ3) is 3.13. The summed E-state index contributed by atoms with van der Waals surface area (Å²) < 4.78 is 0. The number of rotatable bonds is 4. The highest BCUT2D eigenvalue weighted by atomic mass is 35.5. The Balaban J connectivity index is 2.93. The number of halogens is 1. The lowest BCUT2D eigenvalue weighted by molar-refractivity contribution is 0.0738. The molecule has 2 N–H and O–H groups in total. The van der Waals surface area contributed by atoms with Crippen LogP contribution in [0.5, 0.6) is 0 Å². The lowest BCUT2D eigenvalue weighted by atomic mass is 10.1. The van der Waals surface area contributed by atoms with E-state index >= 15 is 0 Å². The predicted molar refractivity (Wildman–Crippen MR) is 72.3 cm³/mol. The molecular weight excluding hydrogens is 236 g/mol. The molecule has 3 nitrogen and oxygen atoms in total. The minimum atomic E-state index is -0.0778. The van der Waals surface area contributed by atoms with Crippen molar-refractivity contribution in [2.45, 2.75) is 32.7 Å². The van der Waals surface area contributed by atoms with Gasteiger partial charge < -0.3 is 10.6 Å². The summed E-state index contributed by atoms with van der Waals surface area (Å²) in [5.74, 6) is -0.0778. The van der Waals surface area contributed by atoms with Crippen molar-refractivity contribution in [3.63, 3.8) is 0 Å². The number of amides is 1. The molecule has 0 aliphatic carbocycles. The lowest BCUT2D eigenvalue weighted by Gasteiger charge is -2.25. The summed E-state index contributed by atoms with van der Waals surface area (Å²) in [5.41, 5.74) is 6.65. The number of nitrogens with two attached hydrogens (primary N) is 1. The van der Waals surface area contributed by atoms with Gasteiger partial charge in [0.2, 0.25) is 0 Å². The fraction of sp³-hybridized carbons (Fsp3) is 0.462. The van der Waals surface area contributed by atoms with E-state index in [-0.39, 0.29) is 11.9 Å². The molecule has 0 aromatic heterocycles. The van der Waals surface area contributed by atoms with Gasteiger partial charge in [0.15, 0.2) is 0 Å². The van der Waals surface area contributed by atoms with E-state index in [4.69, 9.17) is 17.3 Å². The van der Waals surface area contributed by atoms with E-state index in [0.717, 1.165) is 12.8 Å². The first kappa shape index (κ1) is 13.8. The highest BCUT2D eigenvalue weighted by Crippen LogP contribution is 2.24. The van der Waals surface area contributed by atoms with Crippen LogP contribution >= 0.6 is 11.6 Å². The SMILES string of the molecule is CCCC(C)N(C)C(=O)c1cccc(Cl)c1N. The Hall–Kier alpha value is -1.22. The third-order valence-electron chi connectivity index (χ3n) is 2.97. The Morgan fingerprint density at radius 3 is 2.76 bits per heavy atom. The van der Waals surface area contributed by atoms with Crippen LogP contribution in [0.15, 0.2) is 18.2 Å². The first-order chi connectivity index (χ1) is 7.99. The van der Waals surface area contributed by atoms with Crippen molar-refractivity contribution >= 4 is 23.2 Å². The monoisotopic (exact) mass is 254 g/mol. The predicted octanol–water partition coefficient (Wildman–Crippen LogP) is 3.18. The number of anilines is 1. The van der Waals surface area contributed by atoms with Gasteiger partial charge in [0.05, 0.1) is 16.3 Å². The minimum Gasteiger partial charge on any atom is -0.397 e. The second-order valence-corrected chi connectivity index (χ2v) is 4.66. The van der Waals surface area contributed by atoms with E-state index in [1.807, 2.05) is 6.92 Å². The fourth-order valence-electron chi connectivity index (χ4n) is 1.73. The number of benzene rings is 1. The van der Waals surface area contributed by atoms with Crippen molar-refractivity contribution in [3.05, 3.63) is 28.8 Å². The van der Waals surface area contributed by atoms with Gasteiger partial charge in [0.1, 0.15) is 0 Å². The molecule has 0 spiro atoms. The Morgan fingerprint density at radius 2 is 2.18 bits per heavy atom. The average Bonchev–Trinajstić information content (AvgIpc) is 2.31. The zero-order chi connectivity index (χ0) is 13.0. The van der Waals surface area contributed by atoms with Crippen molar-refractivity contribution in [2.24, 2.45) is 0 Å². The van der Waals surface area contributed by atoms with Gasteiger partial charge in [-0.2, -0.15) is 0 Å². The number of carbonyl (C=O) groups excluding carboxylic acids is 1. The zero-order valence-electron chi connectivity index (χ0n) is 10.5. The molecule has 1 aromatic rings. The van der Waals surface area contributed by atoms with Crippen LogP contribution in [0.4, 0.5) is 5.69 Å². The molecule has 4 heteroatoms. The molecule has 0 aliphatic rings. The van der Waals surface area contributed by atoms with E-state index in [0.29, 0.717) is 16.3 Å². The number of nitrogens with zero attached hydrogens (tertiary/aromatic N) is 1. The molecule has 0 radical (unpaired) electrons. The Morgan fingerprint density at radius 1 is 1.53 bits per heavy atom. The number of carbonyl (C=O) groups is 1. The smallest absolute Gasteiger partial charge is 0.255 e. The summed E-state index contributed by atoms with van der Waals surface area (Å²) in [6.07, 6.45) is 2.02. The van der Waals surface area contributed by atoms with Crippen LogP contribution < -0.4 is 5.73 Å². The van der Waals surface area contributed by atoms with Crippen LogP contribution in [-0.2, 0) is 0 Å². The zero-order valence-corrected chi connectivity index (χ0v) is 11.3. The quantitative estimate of drug-likeness (QED) is 0.839. The Bertz CT molecular complexity index is 406. The highest BCUT2D eigenvalue weighted by Gasteiger charge is 2.19. The molecule has 1 aromatic carbocycles. The normalized spacial score (nSPS) is 12.2. The molecule has 0 fully saturated rings. The molecule has 0 heterocycles. The maximum absolute atomic E-state index is 12.2. The van der Waals surface area contributed by atoms with Gasteiger partial charge in [0, 0.05) is 13.1 Å². The molecule has 0 bridgehead atoms. The largest absolute Gasteiger partial charge is 0.397 e. The van der Waals surface area contributed by atoms with E-state index in [2.05, 4.69) is 6.92 Å². The van der Waals surface area contributed by atoms with Crippen LogP contribution in [0, 0.1) is 0 Å². The first-order valence-electron chi connectivity index (χ1n) is 5.80.